The lowest BCUT2D eigenvalue weighted by atomic mass is 10.2. The summed E-state index contributed by atoms with van der Waals surface area (Å²) in [5.41, 5.74) is 0.971. The number of halogens is 1. The Morgan fingerprint density at radius 3 is 2.39 bits per heavy atom. The molecule has 0 atom stereocenters. The summed E-state index contributed by atoms with van der Waals surface area (Å²) in [5, 5.41) is 0. The van der Waals surface area contributed by atoms with Crippen molar-refractivity contribution in [2.24, 2.45) is 0 Å². The Hall–Kier alpha value is -2.31. The minimum Gasteiger partial charge on any atom is -0.448 e. The van der Waals surface area contributed by atoms with Crippen molar-refractivity contribution in [1.82, 2.24) is 9.80 Å². The van der Waals surface area contributed by atoms with Crippen molar-refractivity contribution in [3.8, 4) is 0 Å². The number of carbonyl (C=O) groups is 2. The number of nitrogens with zero attached hydrogens (tertiary/aromatic N) is 3. The van der Waals surface area contributed by atoms with Gasteiger partial charge in [0, 0.05) is 44.8 Å². The van der Waals surface area contributed by atoms with Gasteiger partial charge >= 0.3 is 6.09 Å². The van der Waals surface area contributed by atoms with Gasteiger partial charge in [0.1, 0.15) is 12.4 Å². The van der Waals surface area contributed by atoms with Crippen LogP contribution in [-0.4, -0.2) is 67.7 Å². The fourth-order valence-electron chi connectivity index (χ4n) is 2.88. The number of anilines is 1. The third kappa shape index (κ3) is 3.72. The number of piperazine rings is 1. The van der Waals surface area contributed by atoms with Crippen LogP contribution in [0.3, 0.4) is 0 Å². The monoisotopic (exact) mass is 321 g/mol. The first-order valence-electron chi connectivity index (χ1n) is 7.83. The number of carbonyl (C=O) groups excluding carboxylic acids is 2. The van der Waals surface area contributed by atoms with E-state index in [4.69, 9.17) is 4.74 Å². The van der Waals surface area contributed by atoms with Crippen LogP contribution in [0.2, 0.25) is 0 Å². The zero-order valence-electron chi connectivity index (χ0n) is 12.9. The largest absolute Gasteiger partial charge is 0.448 e. The van der Waals surface area contributed by atoms with Gasteiger partial charge in [0.15, 0.2) is 0 Å². The van der Waals surface area contributed by atoms with Crippen LogP contribution >= 0.6 is 0 Å². The Bertz CT molecular complexity index is 570. The molecule has 1 aromatic rings. The van der Waals surface area contributed by atoms with E-state index >= 15 is 0 Å². The molecule has 124 valence electrons. The highest BCUT2D eigenvalue weighted by atomic mass is 19.1. The molecular weight excluding hydrogens is 301 g/mol. The lowest BCUT2D eigenvalue weighted by molar-refractivity contribution is -0.131. The minimum atomic E-state index is -0.334. The molecule has 2 heterocycles. The lowest BCUT2D eigenvalue weighted by Crippen LogP contribution is -2.49. The zero-order valence-corrected chi connectivity index (χ0v) is 12.9. The Labute approximate surface area is 134 Å². The van der Waals surface area contributed by atoms with Crippen LogP contribution < -0.4 is 4.90 Å². The van der Waals surface area contributed by atoms with Crippen molar-refractivity contribution in [2.75, 3.05) is 50.8 Å². The number of amides is 2. The van der Waals surface area contributed by atoms with Crippen molar-refractivity contribution < 1.29 is 18.7 Å². The van der Waals surface area contributed by atoms with E-state index in [1.807, 2.05) is 4.90 Å². The van der Waals surface area contributed by atoms with Gasteiger partial charge in [-0.3, -0.25) is 4.79 Å². The first-order valence-corrected chi connectivity index (χ1v) is 7.83. The number of ether oxygens (including phenoxy) is 1. The van der Waals surface area contributed by atoms with E-state index in [1.54, 1.807) is 17.0 Å². The first-order chi connectivity index (χ1) is 11.1. The van der Waals surface area contributed by atoms with Crippen LogP contribution in [0.15, 0.2) is 24.3 Å². The molecule has 0 radical (unpaired) electrons. The fourth-order valence-corrected chi connectivity index (χ4v) is 2.88. The van der Waals surface area contributed by atoms with Crippen LogP contribution in [0, 0.1) is 5.82 Å². The predicted molar refractivity (Wildman–Crippen MR) is 82.7 cm³/mol. The van der Waals surface area contributed by atoms with Gasteiger partial charge in [0.25, 0.3) is 0 Å². The van der Waals surface area contributed by atoms with Gasteiger partial charge in [0.2, 0.25) is 5.91 Å². The molecule has 6 nitrogen and oxygen atoms in total. The number of cyclic esters (lactones) is 1. The standard InChI is InChI=1S/C16H20FN3O3/c17-13-1-3-14(4-2-13)18-7-9-19(10-8-18)15(21)5-6-20-11-12-23-16(20)22/h1-4H,5-12H2. The molecule has 0 N–H and O–H groups in total. The molecule has 23 heavy (non-hydrogen) atoms. The molecule has 2 saturated heterocycles. The Morgan fingerprint density at radius 1 is 1.09 bits per heavy atom. The van der Waals surface area contributed by atoms with Crippen molar-refractivity contribution in [1.29, 1.82) is 0 Å². The highest BCUT2D eigenvalue weighted by molar-refractivity contribution is 5.77. The van der Waals surface area contributed by atoms with E-state index in [0.717, 1.165) is 18.8 Å². The van der Waals surface area contributed by atoms with Gasteiger partial charge in [-0.1, -0.05) is 0 Å². The smallest absolute Gasteiger partial charge is 0.409 e. The van der Waals surface area contributed by atoms with E-state index in [0.29, 0.717) is 39.2 Å². The molecule has 0 bridgehead atoms. The Morgan fingerprint density at radius 2 is 1.78 bits per heavy atom. The maximum absolute atomic E-state index is 13.0. The van der Waals surface area contributed by atoms with E-state index in [9.17, 15) is 14.0 Å². The average Bonchev–Trinajstić information content (AvgIpc) is 2.99. The summed E-state index contributed by atoms with van der Waals surface area (Å²) in [6.07, 6.45) is -0.00928. The summed E-state index contributed by atoms with van der Waals surface area (Å²) < 4.78 is 17.8. The summed E-state index contributed by atoms with van der Waals surface area (Å²) >= 11 is 0. The Kier molecular flexibility index (Phi) is 4.64. The minimum absolute atomic E-state index is 0.0588. The molecule has 2 aliphatic rings. The van der Waals surface area contributed by atoms with Crippen LogP contribution in [0.1, 0.15) is 6.42 Å². The normalized spacial score (nSPS) is 18.3. The summed E-state index contributed by atoms with van der Waals surface area (Å²) in [4.78, 5) is 29.1. The molecule has 2 amide bonds. The number of benzene rings is 1. The number of hydrogen-bond donors (Lipinski definition) is 0. The lowest BCUT2D eigenvalue weighted by Gasteiger charge is -2.36. The van der Waals surface area contributed by atoms with Crippen LogP contribution in [0.5, 0.6) is 0 Å². The van der Waals surface area contributed by atoms with Crippen molar-refractivity contribution in [3.63, 3.8) is 0 Å². The number of rotatable bonds is 4. The van der Waals surface area contributed by atoms with E-state index in [1.165, 1.54) is 12.1 Å². The average molecular weight is 321 g/mol. The SMILES string of the molecule is O=C(CCN1CCOC1=O)N1CCN(c2ccc(F)cc2)CC1. The highest BCUT2D eigenvalue weighted by Crippen LogP contribution is 2.17. The molecule has 3 rings (SSSR count). The van der Waals surface area contributed by atoms with Gasteiger partial charge in [-0.15, -0.1) is 0 Å². The highest BCUT2D eigenvalue weighted by Gasteiger charge is 2.25. The van der Waals surface area contributed by atoms with E-state index in [-0.39, 0.29) is 17.8 Å². The fraction of sp³-hybridized carbons (Fsp3) is 0.500. The predicted octanol–water partition coefficient (Wildman–Crippen LogP) is 1.32. The van der Waals surface area contributed by atoms with Gasteiger partial charge in [0.05, 0.1) is 6.54 Å². The maximum Gasteiger partial charge on any atom is 0.409 e. The van der Waals surface area contributed by atoms with Crippen LogP contribution in [0.4, 0.5) is 14.9 Å². The molecule has 0 unspecified atom stereocenters. The molecule has 1 aromatic carbocycles. The maximum atomic E-state index is 13.0. The second kappa shape index (κ2) is 6.85. The topological polar surface area (TPSA) is 53.1 Å². The van der Waals surface area contributed by atoms with Crippen molar-refractivity contribution >= 4 is 17.7 Å². The molecule has 2 aliphatic heterocycles. The first kappa shape index (κ1) is 15.6. The molecule has 0 saturated carbocycles. The Balaban J connectivity index is 1.45. The summed E-state index contributed by atoms with van der Waals surface area (Å²) in [7, 11) is 0. The van der Waals surface area contributed by atoms with Gasteiger partial charge in [-0.2, -0.15) is 0 Å². The van der Waals surface area contributed by atoms with E-state index in [2.05, 4.69) is 4.90 Å². The van der Waals surface area contributed by atoms with E-state index < -0.39 is 0 Å². The van der Waals surface area contributed by atoms with Gasteiger partial charge in [-0.05, 0) is 24.3 Å². The van der Waals surface area contributed by atoms with Crippen LogP contribution in [-0.2, 0) is 9.53 Å². The summed E-state index contributed by atoms with van der Waals surface area (Å²) in [6.45, 7) is 4.11. The molecule has 0 aliphatic carbocycles. The molecule has 7 heteroatoms. The molecule has 2 fully saturated rings. The third-order valence-electron chi connectivity index (χ3n) is 4.26. The summed E-state index contributed by atoms with van der Waals surface area (Å²) in [6, 6.07) is 6.40. The van der Waals surface area contributed by atoms with Crippen molar-refractivity contribution in [3.05, 3.63) is 30.1 Å². The summed E-state index contributed by atoms with van der Waals surface area (Å²) in [5.74, 6) is -0.188. The van der Waals surface area contributed by atoms with Gasteiger partial charge < -0.3 is 19.4 Å². The number of hydrogen-bond acceptors (Lipinski definition) is 4. The second-order valence-electron chi connectivity index (χ2n) is 5.70. The van der Waals surface area contributed by atoms with Gasteiger partial charge in [-0.25, -0.2) is 9.18 Å². The van der Waals surface area contributed by atoms with Crippen molar-refractivity contribution in [2.45, 2.75) is 6.42 Å². The molecule has 0 aromatic heterocycles. The molecule has 0 spiro atoms. The molecular formula is C16H20FN3O3. The zero-order chi connectivity index (χ0) is 16.2. The van der Waals surface area contributed by atoms with Crippen LogP contribution in [0.25, 0.3) is 0 Å². The third-order valence-corrected chi connectivity index (χ3v) is 4.26. The quantitative estimate of drug-likeness (QED) is 0.839. The second-order valence-corrected chi connectivity index (χ2v) is 5.70.